The summed E-state index contributed by atoms with van der Waals surface area (Å²) in [7, 11) is 0. The van der Waals surface area contributed by atoms with Crippen molar-refractivity contribution < 1.29 is 4.42 Å². The molecule has 0 amide bonds. The van der Waals surface area contributed by atoms with Crippen LogP contribution in [0.15, 0.2) is 193 Å². The Bertz CT molecular complexity index is 3180. The van der Waals surface area contributed by atoms with E-state index in [1.54, 1.807) is 0 Å². The van der Waals surface area contributed by atoms with Crippen LogP contribution in [0.3, 0.4) is 0 Å². The number of aromatic nitrogens is 2. The topological polar surface area (TPSA) is 34.2 Å². The van der Waals surface area contributed by atoms with E-state index in [0.29, 0.717) is 0 Å². The molecule has 4 heteroatoms. The Kier molecular flexibility index (Phi) is 6.52. The molecule has 4 nitrogen and oxygen atoms in total. The predicted molar refractivity (Wildman–Crippen MR) is 221 cm³/mol. The molecular formula is C49H31N3O. The smallest absolute Gasteiger partial charge is 0.153 e. The quantitative estimate of drug-likeness (QED) is 0.182. The molecule has 0 fully saturated rings. The van der Waals surface area contributed by atoms with E-state index in [1.807, 2.05) is 18.3 Å². The lowest BCUT2D eigenvalue weighted by molar-refractivity contribution is 0.668. The lowest BCUT2D eigenvalue weighted by Gasteiger charge is -2.29. The lowest BCUT2D eigenvalue weighted by Crippen LogP contribution is -2.11. The SMILES string of the molecule is c1ccc(N(c2ccc3c(c2)oc2cccnc23)c2cccc3ccccc23)c(-c2ccc(-n3c4ccccc4c4c5ccccc5ccc43)cc2)c1. The summed E-state index contributed by atoms with van der Waals surface area (Å²) in [6.07, 6.45) is 1.82. The van der Waals surface area contributed by atoms with Crippen molar-refractivity contribution in [2.45, 2.75) is 0 Å². The van der Waals surface area contributed by atoms with E-state index >= 15 is 0 Å². The largest absolute Gasteiger partial charge is 0.454 e. The van der Waals surface area contributed by atoms with Gasteiger partial charge in [-0.25, -0.2) is 0 Å². The minimum atomic E-state index is 0.785. The normalized spacial score (nSPS) is 11.8. The monoisotopic (exact) mass is 677 g/mol. The molecule has 3 aromatic heterocycles. The zero-order valence-corrected chi connectivity index (χ0v) is 28.6. The number of furan rings is 1. The summed E-state index contributed by atoms with van der Waals surface area (Å²) in [4.78, 5) is 6.98. The van der Waals surface area contributed by atoms with Crippen LogP contribution in [0.25, 0.3) is 82.2 Å². The number of anilines is 3. The summed E-state index contributed by atoms with van der Waals surface area (Å²) in [5.74, 6) is 0. The molecular weight excluding hydrogens is 647 g/mol. The maximum absolute atomic E-state index is 6.36. The first-order chi connectivity index (χ1) is 26.3. The van der Waals surface area contributed by atoms with Gasteiger partial charge in [0.1, 0.15) is 11.1 Å². The van der Waals surface area contributed by atoms with Gasteiger partial charge >= 0.3 is 0 Å². The van der Waals surface area contributed by atoms with Crippen LogP contribution >= 0.6 is 0 Å². The Morgan fingerprint density at radius 2 is 1.19 bits per heavy atom. The fourth-order valence-electron chi connectivity index (χ4n) is 8.26. The maximum atomic E-state index is 6.36. The molecule has 0 unspecified atom stereocenters. The average Bonchev–Trinajstić information content (AvgIpc) is 3.77. The number of benzene rings is 8. The van der Waals surface area contributed by atoms with Crippen molar-refractivity contribution in [1.29, 1.82) is 0 Å². The molecule has 0 N–H and O–H groups in total. The Morgan fingerprint density at radius 1 is 0.472 bits per heavy atom. The molecule has 0 aliphatic carbocycles. The van der Waals surface area contributed by atoms with Gasteiger partial charge < -0.3 is 13.9 Å². The summed E-state index contributed by atoms with van der Waals surface area (Å²) in [6, 6.07) is 65.1. The van der Waals surface area contributed by atoms with Crippen LogP contribution < -0.4 is 4.90 Å². The van der Waals surface area contributed by atoms with Gasteiger partial charge in [0.2, 0.25) is 0 Å². The van der Waals surface area contributed by atoms with Crippen LogP contribution in [0.5, 0.6) is 0 Å². The van der Waals surface area contributed by atoms with E-state index in [9.17, 15) is 0 Å². The Balaban J connectivity index is 1.09. The third-order valence-electron chi connectivity index (χ3n) is 10.6. The highest BCUT2D eigenvalue weighted by Gasteiger charge is 2.21. The van der Waals surface area contributed by atoms with Crippen LogP contribution in [0.4, 0.5) is 17.1 Å². The second-order valence-electron chi connectivity index (χ2n) is 13.6. The number of rotatable bonds is 5. The number of nitrogens with zero attached hydrogens (tertiary/aromatic N) is 3. The molecule has 11 aromatic rings. The van der Waals surface area contributed by atoms with Gasteiger partial charge in [0.05, 0.1) is 22.4 Å². The standard InChI is InChI=1S/C49H31N3O/c1-3-14-37-32(11-1)13-9-20-43(37)52(36-27-28-41-47(31-36)53-46-21-10-30-50-49(41)46)42-18-7-5-15-38(42)34-22-25-35(26-23-34)51-44-19-8-6-17-40(44)48-39-16-4-2-12-33(39)24-29-45(48)51/h1-31H. The molecule has 0 aliphatic rings. The molecule has 0 aliphatic heterocycles. The van der Waals surface area contributed by atoms with E-state index in [-0.39, 0.29) is 0 Å². The molecule has 11 rings (SSSR count). The van der Waals surface area contributed by atoms with E-state index in [1.165, 1.54) is 43.4 Å². The first-order valence-corrected chi connectivity index (χ1v) is 18.0. The van der Waals surface area contributed by atoms with Gasteiger partial charge in [0.25, 0.3) is 0 Å². The van der Waals surface area contributed by atoms with Crippen LogP contribution in [0.2, 0.25) is 0 Å². The first kappa shape index (κ1) is 29.5. The number of hydrogen-bond donors (Lipinski definition) is 0. The van der Waals surface area contributed by atoms with Gasteiger partial charge in [-0.2, -0.15) is 0 Å². The Morgan fingerprint density at radius 3 is 2.08 bits per heavy atom. The molecule has 53 heavy (non-hydrogen) atoms. The van der Waals surface area contributed by atoms with E-state index in [0.717, 1.165) is 55.9 Å². The van der Waals surface area contributed by atoms with Crippen molar-refractivity contribution in [1.82, 2.24) is 9.55 Å². The fourth-order valence-corrected chi connectivity index (χ4v) is 8.26. The highest BCUT2D eigenvalue weighted by atomic mass is 16.3. The van der Waals surface area contributed by atoms with Crippen molar-refractivity contribution in [3.05, 3.63) is 188 Å². The van der Waals surface area contributed by atoms with Gasteiger partial charge in [0.15, 0.2) is 5.58 Å². The van der Waals surface area contributed by atoms with Crippen LogP contribution in [-0.4, -0.2) is 9.55 Å². The van der Waals surface area contributed by atoms with Gasteiger partial charge in [-0.3, -0.25) is 4.98 Å². The van der Waals surface area contributed by atoms with Crippen molar-refractivity contribution in [3.8, 4) is 16.8 Å². The minimum absolute atomic E-state index is 0.785. The van der Waals surface area contributed by atoms with Gasteiger partial charge in [-0.15, -0.1) is 0 Å². The number of para-hydroxylation sites is 2. The molecule has 248 valence electrons. The molecule has 0 spiro atoms. The third kappa shape index (κ3) is 4.59. The van der Waals surface area contributed by atoms with Crippen LogP contribution in [-0.2, 0) is 0 Å². The first-order valence-electron chi connectivity index (χ1n) is 18.0. The molecule has 0 bridgehead atoms. The lowest BCUT2D eigenvalue weighted by atomic mass is 10.00. The molecule has 0 saturated heterocycles. The predicted octanol–water partition coefficient (Wildman–Crippen LogP) is 13.5. The summed E-state index contributed by atoms with van der Waals surface area (Å²) in [5.41, 5.74) is 11.4. The fraction of sp³-hybridized carbons (Fsp3) is 0. The highest BCUT2D eigenvalue weighted by Crippen LogP contribution is 2.45. The maximum Gasteiger partial charge on any atom is 0.153 e. The van der Waals surface area contributed by atoms with E-state index in [2.05, 4.69) is 184 Å². The zero-order chi connectivity index (χ0) is 34.9. The molecule has 0 radical (unpaired) electrons. The van der Waals surface area contributed by atoms with Gasteiger partial charge in [-0.1, -0.05) is 115 Å². The number of hydrogen-bond acceptors (Lipinski definition) is 3. The Hall–Kier alpha value is -7.17. The van der Waals surface area contributed by atoms with Crippen LogP contribution in [0, 0.1) is 0 Å². The summed E-state index contributed by atoms with van der Waals surface area (Å²) < 4.78 is 8.75. The number of fused-ring (bicyclic) bond motifs is 9. The third-order valence-corrected chi connectivity index (χ3v) is 10.6. The number of pyridine rings is 1. The second-order valence-corrected chi connectivity index (χ2v) is 13.6. The summed E-state index contributed by atoms with van der Waals surface area (Å²) in [5, 5.41) is 8.44. The van der Waals surface area contributed by atoms with Crippen molar-refractivity contribution >= 4 is 82.5 Å². The average molecular weight is 678 g/mol. The van der Waals surface area contributed by atoms with Crippen molar-refractivity contribution in [3.63, 3.8) is 0 Å². The highest BCUT2D eigenvalue weighted by molar-refractivity contribution is 6.21. The molecule has 8 aromatic carbocycles. The van der Waals surface area contributed by atoms with Gasteiger partial charge in [-0.05, 0) is 82.4 Å². The van der Waals surface area contributed by atoms with E-state index < -0.39 is 0 Å². The molecule has 3 heterocycles. The minimum Gasteiger partial charge on any atom is -0.454 e. The zero-order valence-electron chi connectivity index (χ0n) is 28.6. The molecule has 0 saturated carbocycles. The van der Waals surface area contributed by atoms with Crippen molar-refractivity contribution in [2.75, 3.05) is 4.90 Å². The summed E-state index contributed by atoms with van der Waals surface area (Å²) >= 11 is 0. The summed E-state index contributed by atoms with van der Waals surface area (Å²) in [6.45, 7) is 0. The second kappa shape index (κ2) is 11.7. The van der Waals surface area contributed by atoms with Gasteiger partial charge in [0, 0.05) is 50.7 Å². The Labute approximate surface area is 305 Å². The van der Waals surface area contributed by atoms with Crippen LogP contribution in [0.1, 0.15) is 0 Å². The van der Waals surface area contributed by atoms with Crippen molar-refractivity contribution in [2.24, 2.45) is 0 Å². The van der Waals surface area contributed by atoms with E-state index in [4.69, 9.17) is 4.42 Å². The molecule has 0 atom stereocenters.